The predicted octanol–water partition coefficient (Wildman–Crippen LogP) is 8.73. The first kappa shape index (κ1) is 24.4. The summed E-state index contributed by atoms with van der Waals surface area (Å²) in [6, 6.07) is 18.2. The average Bonchev–Trinajstić information content (AvgIpc) is 3.81. The molecule has 8 heteroatoms. The van der Waals surface area contributed by atoms with Gasteiger partial charge in [0.05, 0.1) is 21.2 Å². The van der Waals surface area contributed by atoms with Crippen LogP contribution >= 0.6 is 34.8 Å². The molecule has 0 spiro atoms. The third-order valence-electron chi connectivity index (χ3n) is 7.10. The molecular weight excluding hydrogens is 533 g/mol. The Morgan fingerprint density at radius 1 is 0.973 bits per heavy atom. The molecule has 6 rings (SSSR count). The number of benzene rings is 3. The van der Waals surface area contributed by atoms with Crippen LogP contribution < -0.4 is 4.74 Å². The molecule has 2 atom stereocenters. The maximum absolute atomic E-state index is 11.1. The lowest BCUT2D eigenvalue weighted by Gasteiger charge is -2.11. The van der Waals surface area contributed by atoms with Crippen molar-refractivity contribution < 1.29 is 19.2 Å². The van der Waals surface area contributed by atoms with Gasteiger partial charge in [-0.25, -0.2) is 4.79 Å². The zero-order chi connectivity index (χ0) is 25.7. The molecule has 0 saturated heterocycles. The van der Waals surface area contributed by atoms with E-state index < -0.39 is 5.97 Å². The van der Waals surface area contributed by atoms with Crippen molar-refractivity contribution >= 4 is 40.8 Å². The summed E-state index contributed by atoms with van der Waals surface area (Å²) in [6.07, 6.45) is 3.08. The minimum Gasteiger partial charge on any atom is -0.489 e. The fourth-order valence-corrected chi connectivity index (χ4v) is 5.77. The normalized spacial score (nSPS) is 18.6. The molecular formula is C29H22Cl3NO4. The van der Waals surface area contributed by atoms with Crippen molar-refractivity contribution in [2.75, 3.05) is 0 Å². The summed E-state index contributed by atoms with van der Waals surface area (Å²) in [7, 11) is 0. The number of ether oxygens (including phenoxy) is 1. The largest absolute Gasteiger partial charge is 0.489 e. The van der Waals surface area contributed by atoms with Crippen molar-refractivity contribution in [1.29, 1.82) is 0 Å². The molecule has 0 aliphatic heterocycles. The van der Waals surface area contributed by atoms with Crippen LogP contribution in [-0.4, -0.2) is 16.2 Å². The van der Waals surface area contributed by atoms with Crippen molar-refractivity contribution in [3.63, 3.8) is 0 Å². The second kappa shape index (κ2) is 9.71. The lowest BCUT2D eigenvalue weighted by atomic mass is 10.0. The van der Waals surface area contributed by atoms with E-state index in [1.807, 2.05) is 30.3 Å². The summed E-state index contributed by atoms with van der Waals surface area (Å²) < 4.78 is 11.9. The first-order chi connectivity index (χ1) is 17.9. The standard InChI is InChI=1S/C29H22Cl3NO4/c30-23-2-1-3-24(31)26(23)27-22(28(37-33-27)16-6-7-16)14-36-18-10-11-19(25(32)12-18)21-13-20(21)15-4-8-17(9-5-15)29(34)35/h1-5,8-12,16,20-21H,6-7,13-14H2,(H,34,35). The van der Waals surface area contributed by atoms with Crippen molar-refractivity contribution in [2.24, 2.45) is 0 Å². The molecule has 5 nitrogen and oxygen atoms in total. The number of halogens is 3. The van der Waals surface area contributed by atoms with Gasteiger partial charge in [0.25, 0.3) is 0 Å². The predicted molar refractivity (Wildman–Crippen MR) is 143 cm³/mol. The van der Waals surface area contributed by atoms with Crippen LogP contribution in [0.25, 0.3) is 11.3 Å². The average molecular weight is 555 g/mol. The van der Waals surface area contributed by atoms with Gasteiger partial charge in [0.15, 0.2) is 0 Å². The smallest absolute Gasteiger partial charge is 0.335 e. The summed E-state index contributed by atoms with van der Waals surface area (Å²) in [5, 5.41) is 15.1. The van der Waals surface area contributed by atoms with Gasteiger partial charge in [-0.15, -0.1) is 0 Å². The van der Waals surface area contributed by atoms with Crippen LogP contribution in [0.1, 0.15) is 69.8 Å². The molecule has 2 aliphatic carbocycles. The van der Waals surface area contributed by atoms with E-state index in [2.05, 4.69) is 5.16 Å². The van der Waals surface area contributed by atoms with Crippen molar-refractivity contribution in [2.45, 2.75) is 43.6 Å². The summed E-state index contributed by atoms with van der Waals surface area (Å²) in [6.45, 7) is 0.254. The Morgan fingerprint density at radius 3 is 2.35 bits per heavy atom. The second-order valence-corrected chi connectivity index (χ2v) is 10.8. The molecule has 2 aliphatic rings. The molecule has 0 bridgehead atoms. The Morgan fingerprint density at radius 2 is 1.70 bits per heavy atom. The summed E-state index contributed by atoms with van der Waals surface area (Å²) in [4.78, 5) is 11.1. The van der Waals surface area contributed by atoms with Gasteiger partial charge in [0.1, 0.15) is 23.8 Å². The lowest BCUT2D eigenvalue weighted by molar-refractivity contribution is 0.0697. The van der Waals surface area contributed by atoms with Gasteiger partial charge < -0.3 is 14.4 Å². The monoisotopic (exact) mass is 553 g/mol. The molecule has 1 aromatic heterocycles. The molecule has 2 unspecified atom stereocenters. The lowest BCUT2D eigenvalue weighted by Crippen LogP contribution is -2.00. The van der Waals surface area contributed by atoms with Crippen molar-refractivity contribution in [1.82, 2.24) is 5.16 Å². The number of nitrogens with zero attached hydrogens (tertiary/aromatic N) is 1. The Balaban J connectivity index is 1.19. The first-order valence-electron chi connectivity index (χ1n) is 12.1. The van der Waals surface area contributed by atoms with Crippen LogP contribution in [0, 0.1) is 0 Å². The topological polar surface area (TPSA) is 72.6 Å². The van der Waals surface area contributed by atoms with Crippen LogP contribution in [0.2, 0.25) is 15.1 Å². The molecule has 0 amide bonds. The van der Waals surface area contributed by atoms with E-state index >= 15 is 0 Å². The van der Waals surface area contributed by atoms with E-state index in [0.717, 1.165) is 41.7 Å². The van der Waals surface area contributed by atoms with E-state index in [9.17, 15) is 4.79 Å². The molecule has 37 heavy (non-hydrogen) atoms. The fraction of sp³-hybridized carbons (Fsp3) is 0.241. The number of carboxylic acids is 1. The Labute approximate surface area is 228 Å². The van der Waals surface area contributed by atoms with Gasteiger partial charge in [-0.05, 0) is 78.6 Å². The van der Waals surface area contributed by atoms with E-state index in [4.69, 9.17) is 49.2 Å². The van der Waals surface area contributed by atoms with Gasteiger partial charge in [-0.2, -0.15) is 0 Å². The van der Waals surface area contributed by atoms with Crippen LogP contribution in [-0.2, 0) is 6.61 Å². The van der Waals surface area contributed by atoms with Crippen LogP contribution in [0.4, 0.5) is 0 Å². The minimum atomic E-state index is -0.921. The number of hydrogen-bond acceptors (Lipinski definition) is 4. The number of aromatic nitrogens is 1. The maximum Gasteiger partial charge on any atom is 0.335 e. The molecule has 3 aromatic carbocycles. The van der Waals surface area contributed by atoms with Gasteiger partial charge in [-0.1, -0.05) is 64.2 Å². The minimum absolute atomic E-state index is 0.254. The third-order valence-corrected chi connectivity index (χ3v) is 8.05. The van der Waals surface area contributed by atoms with Crippen molar-refractivity contribution in [3.05, 3.63) is 104 Å². The summed E-state index contributed by atoms with van der Waals surface area (Å²) >= 11 is 19.6. The van der Waals surface area contributed by atoms with Crippen LogP contribution in [0.15, 0.2) is 65.2 Å². The quantitative estimate of drug-likeness (QED) is 0.236. The van der Waals surface area contributed by atoms with Gasteiger partial charge in [0, 0.05) is 16.5 Å². The molecule has 4 aromatic rings. The van der Waals surface area contributed by atoms with E-state index in [-0.39, 0.29) is 12.2 Å². The number of aromatic carboxylic acids is 1. The molecule has 1 heterocycles. The van der Waals surface area contributed by atoms with Crippen LogP contribution in [0.3, 0.4) is 0 Å². The van der Waals surface area contributed by atoms with Gasteiger partial charge >= 0.3 is 5.97 Å². The van der Waals surface area contributed by atoms with Gasteiger partial charge in [0.2, 0.25) is 0 Å². The third kappa shape index (κ3) is 4.84. The molecule has 2 saturated carbocycles. The highest BCUT2D eigenvalue weighted by molar-refractivity contribution is 6.39. The summed E-state index contributed by atoms with van der Waals surface area (Å²) in [5.74, 6) is 1.51. The number of hydrogen-bond donors (Lipinski definition) is 1. The maximum atomic E-state index is 11.1. The Bertz CT molecular complexity index is 1470. The molecule has 1 N–H and O–H groups in total. The number of carbonyl (C=O) groups is 1. The Kier molecular flexibility index (Phi) is 6.39. The molecule has 0 radical (unpaired) electrons. The number of carboxylic acid groups (broad SMARTS) is 1. The zero-order valence-corrected chi connectivity index (χ0v) is 21.9. The van der Waals surface area contributed by atoms with Gasteiger partial charge in [-0.3, -0.25) is 0 Å². The first-order valence-corrected chi connectivity index (χ1v) is 13.2. The van der Waals surface area contributed by atoms with E-state index in [1.165, 1.54) is 0 Å². The highest BCUT2D eigenvalue weighted by Gasteiger charge is 2.40. The summed E-state index contributed by atoms with van der Waals surface area (Å²) in [5.41, 5.74) is 4.58. The van der Waals surface area contributed by atoms with Crippen LogP contribution in [0.5, 0.6) is 5.75 Å². The SMILES string of the molecule is O=C(O)c1ccc(C2CC2c2ccc(OCc3c(-c4c(Cl)cccc4Cl)noc3C3CC3)cc2Cl)cc1. The highest BCUT2D eigenvalue weighted by Crippen LogP contribution is 2.56. The molecule has 188 valence electrons. The highest BCUT2D eigenvalue weighted by atomic mass is 35.5. The second-order valence-electron chi connectivity index (χ2n) is 9.59. The zero-order valence-electron chi connectivity index (χ0n) is 19.6. The van der Waals surface area contributed by atoms with Crippen molar-refractivity contribution in [3.8, 4) is 17.0 Å². The van der Waals surface area contributed by atoms with E-state index in [1.54, 1.807) is 30.3 Å². The molecule has 2 fully saturated rings. The Hall–Kier alpha value is -2.99. The fourth-order valence-electron chi connectivity index (χ4n) is 4.88. The van der Waals surface area contributed by atoms with E-state index in [0.29, 0.717) is 49.8 Å². The number of rotatable bonds is 8.